The molecule has 0 saturated heterocycles. The van der Waals surface area contributed by atoms with Crippen LogP contribution in [0.1, 0.15) is 4.88 Å². The molecule has 112 valence electrons. The summed E-state index contributed by atoms with van der Waals surface area (Å²) < 4.78 is 25.5. The molecule has 0 saturated carbocycles. The second-order valence-electron chi connectivity index (χ2n) is 3.93. The Morgan fingerprint density at radius 3 is 2.52 bits per heavy atom. The van der Waals surface area contributed by atoms with E-state index in [4.69, 9.17) is 17.3 Å². The molecule has 0 aliphatic carbocycles. The standard InChI is InChI=1S/C11H11ClN4O3S2/c12-10-15-6-8(20-10)5-14-7-1-3-9(4-2-7)21(18,19)16-11(13)17/h1-4,6,14H,5H2,(H3,13,16,17). The number of carbonyl (C=O) groups excluding carboxylic acids is 1. The van der Waals surface area contributed by atoms with E-state index in [1.807, 2.05) is 0 Å². The maximum atomic E-state index is 11.7. The normalized spacial score (nSPS) is 11.1. The van der Waals surface area contributed by atoms with Crippen molar-refractivity contribution in [2.24, 2.45) is 5.73 Å². The SMILES string of the molecule is NC(=O)NS(=O)(=O)c1ccc(NCc2cnc(Cl)s2)cc1. The van der Waals surface area contributed by atoms with Crippen LogP contribution in [0.25, 0.3) is 0 Å². The van der Waals surface area contributed by atoms with E-state index in [2.05, 4.69) is 10.3 Å². The highest BCUT2D eigenvalue weighted by atomic mass is 35.5. The van der Waals surface area contributed by atoms with Gasteiger partial charge in [0.05, 0.1) is 11.4 Å². The third-order valence-corrected chi connectivity index (χ3v) is 4.87. The summed E-state index contributed by atoms with van der Waals surface area (Å²) >= 11 is 7.08. The minimum absolute atomic E-state index is 0.0484. The lowest BCUT2D eigenvalue weighted by molar-refractivity contribution is 0.253. The first-order chi connectivity index (χ1) is 9.87. The van der Waals surface area contributed by atoms with E-state index >= 15 is 0 Å². The van der Waals surface area contributed by atoms with Crippen LogP contribution in [0.5, 0.6) is 0 Å². The molecule has 0 spiro atoms. The van der Waals surface area contributed by atoms with Crippen LogP contribution in [0.3, 0.4) is 0 Å². The molecule has 0 radical (unpaired) electrons. The van der Waals surface area contributed by atoms with Gasteiger partial charge in [-0.3, -0.25) is 0 Å². The number of nitrogens with one attached hydrogen (secondary N) is 2. The van der Waals surface area contributed by atoms with Gasteiger partial charge in [0.1, 0.15) is 0 Å². The number of primary amides is 1. The summed E-state index contributed by atoms with van der Waals surface area (Å²) in [5, 5.41) is 3.10. The van der Waals surface area contributed by atoms with Crippen molar-refractivity contribution < 1.29 is 13.2 Å². The number of amides is 2. The predicted molar refractivity (Wildman–Crippen MR) is 80.8 cm³/mol. The van der Waals surface area contributed by atoms with Crippen molar-refractivity contribution in [2.75, 3.05) is 5.32 Å². The highest BCUT2D eigenvalue weighted by Gasteiger charge is 2.15. The van der Waals surface area contributed by atoms with E-state index in [0.29, 0.717) is 11.0 Å². The van der Waals surface area contributed by atoms with Crippen LogP contribution in [0.2, 0.25) is 4.47 Å². The molecule has 2 rings (SSSR count). The summed E-state index contributed by atoms with van der Waals surface area (Å²) in [6, 6.07) is 4.77. The second-order valence-corrected chi connectivity index (χ2v) is 7.31. The molecule has 21 heavy (non-hydrogen) atoms. The Hall–Kier alpha value is -1.84. The third kappa shape index (κ3) is 4.31. The number of aromatic nitrogens is 1. The number of hydrogen-bond acceptors (Lipinski definition) is 6. The number of hydrogen-bond donors (Lipinski definition) is 3. The fraction of sp³-hybridized carbons (Fsp3) is 0.0909. The molecule has 2 aromatic rings. The largest absolute Gasteiger partial charge is 0.380 e. The molecule has 1 aromatic carbocycles. The molecule has 0 bridgehead atoms. The number of urea groups is 1. The number of nitrogens with two attached hydrogens (primary N) is 1. The van der Waals surface area contributed by atoms with E-state index in [9.17, 15) is 13.2 Å². The number of halogens is 1. The molecular formula is C11H11ClN4O3S2. The number of benzene rings is 1. The van der Waals surface area contributed by atoms with E-state index in [1.54, 1.807) is 23.1 Å². The summed E-state index contributed by atoms with van der Waals surface area (Å²) in [6.07, 6.45) is 1.66. The smallest absolute Gasteiger partial charge is 0.326 e. The van der Waals surface area contributed by atoms with Crippen molar-refractivity contribution in [1.82, 2.24) is 9.71 Å². The topological polar surface area (TPSA) is 114 Å². The van der Waals surface area contributed by atoms with Gasteiger partial charge in [0.2, 0.25) is 0 Å². The lowest BCUT2D eigenvalue weighted by Crippen LogP contribution is -2.34. The number of anilines is 1. The Morgan fingerprint density at radius 2 is 2.00 bits per heavy atom. The van der Waals surface area contributed by atoms with Crippen LogP contribution in [-0.4, -0.2) is 19.4 Å². The lowest BCUT2D eigenvalue weighted by atomic mass is 10.3. The Bertz CT molecular complexity index is 743. The zero-order valence-electron chi connectivity index (χ0n) is 10.5. The van der Waals surface area contributed by atoms with Gasteiger partial charge in [-0.2, -0.15) is 0 Å². The Morgan fingerprint density at radius 1 is 1.33 bits per heavy atom. The molecule has 4 N–H and O–H groups in total. The fourth-order valence-corrected chi connectivity index (χ4v) is 3.29. The number of nitrogens with zero attached hydrogens (tertiary/aromatic N) is 1. The van der Waals surface area contributed by atoms with Crippen LogP contribution in [-0.2, 0) is 16.6 Å². The van der Waals surface area contributed by atoms with Crippen LogP contribution in [0.4, 0.5) is 10.5 Å². The first kappa shape index (κ1) is 15.5. The van der Waals surface area contributed by atoms with E-state index < -0.39 is 16.1 Å². The van der Waals surface area contributed by atoms with Gasteiger partial charge in [0, 0.05) is 16.8 Å². The van der Waals surface area contributed by atoms with Crippen molar-refractivity contribution in [2.45, 2.75) is 11.4 Å². The van der Waals surface area contributed by atoms with Gasteiger partial charge < -0.3 is 11.1 Å². The highest BCUT2D eigenvalue weighted by Crippen LogP contribution is 2.20. The first-order valence-electron chi connectivity index (χ1n) is 5.63. The Kier molecular flexibility index (Phi) is 4.66. The molecule has 7 nitrogen and oxygen atoms in total. The van der Waals surface area contributed by atoms with Crippen molar-refractivity contribution in [3.05, 3.63) is 39.8 Å². The zero-order valence-corrected chi connectivity index (χ0v) is 12.9. The van der Waals surface area contributed by atoms with Crippen molar-refractivity contribution in [3.8, 4) is 0 Å². The fourth-order valence-electron chi connectivity index (χ4n) is 1.50. The van der Waals surface area contributed by atoms with Crippen LogP contribution < -0.4 is 15.8 Å². The monoisotopic (exact) mass is 346 g/mol. The maximum absolute atomic E-state index is 11.7. The van der Waals surface area contributed by atoms with Crippen molar-refractivity contribution >= 4 is 44.7 Å². The minimum Gasteiger partial charge on any atom is -0.380 e. The Labute approximate surface area is 130 Å². The second kappa shape index (κ2) is 6.29. The van der Waals surface area contributed by atoms with Crippen LogP contribution >= 0.6 is 22.9 Å². The van der Waals surface area contributed by atoms with Crippen molar-refractivity contribution in [3.63, 3.8) is 0 Å². The molecule has 0 fully saturated rings. The van der Waals surface area contributed by atoms with E-state index in [1.165, 1.54) is 23.5 Å². The van der Waals surface area contributed by atoms with Gasteiger partial charge in [0.15, 0.2) is 4.47 Å². The molecule has 1 aromatic heterocycles. The molecule has 0 aliphatic rings. The van der Waals surface area contributed by atoms with Crippen molar-refractivity contribution in [1.29, 1.82) is 0 Å². The van der Waals surface area contributed by atoms with Gasteiger partial charge in [-0.15, -0.1) is 11.3 Å². The predicted octanol–water partition coefficient (Wildman–Crippen LogP) is 1.77. The first-order valence-corrected chi connectivity index (χ1v) is 8.31. The molecule has 1 heterocycles. The van der Waals surface area contributed by atoms with Gasteiger partial charge in [-0.05, 0) is 24.3 Å². The van der Waals surface area contributed by atoms with Gasteiger partial charge >= 0.3 is 6.03 Å². The molecular weight excluding hydrogens is 336 g/mol. The molecule has 0 atom stereocenters. The van der Waals surface area contributed by atoms with Crippen LogP contribution in [0, 0.1) is 0 Å². The maximum Gasteiger partial charge on any atom is 0.326 e. The zero-order chi connectivity index (χ0) is 15.5. The molecule has 2 amide bonds. The number of thiazole rings is 1. The summed E-state index contributed by atoms with van der Waals surface area (Å²) in [6.45, 7) is 0.524. The summed E-state index contributed by atoms with van der Waals surface area (Å²) in [4.78, 5) is 15.4. The highest BCUT2D eigenvalue weighted by molar-refractivity contribution is 7.90. The van der Waals surface area contributed by atoms with Gasteiger partial charge in [-0.1, -0.05) is 11.6 Å². The van der Waals surface area contributed by atoms with Gasteiger partial charge in [-0.25, -0.2) is 22.9 Å². The van der Waals surface area contributed by atoms with E-state index in [-0.39, 0.29) is 4.90 Å². The average Bonchev–Trinajstić information content (AvgIpc) is 2.81. The average molecular weight is 347 g/mol. The number of sulfonamides is 1. The Balaban J connectivity index is 2.03. The van der Waals surface area contributed by atoms with E-state index in [0.717, 1.165) is 10.6 Å². The summed E-state index contributed by atoms with van der Waals surface area (Å²) in [5.74, 6) is 0. The van der Waals surface area contributed by atoms with Gasteiger partial charge in [0.25, 0.3) is 10.0 Å². The molecule has 0 unspecified atom stereocenters. The summed E-state index contributed by atoms with van der Waals surface area (Å²) in [5.41, 5.74) is 5.52. The molecule has 0 aliphatic heterocycles. The van der Waals surface area contributed by atoms with Crippen LogP contribution in [0.15, 0.2) is 35.4 Å². The lowest BCUT2D eigenvalue weighted by Gasteiger charge is -2.07. The minimum atomic E-state index is -3.92. The quantitative estimate of drug-likeness (QED) is 0.763. The third-order valence-electron chi connectivity index (χ3n) is 2.39. The number of rotatable bonds is 5. The summed E-state index contributed by atoms with van der Waals surface area (Å²) in [7, 11) is -3.92. The molecule has 10 heteroatoms. The number of carbonyl (C=O) groups is 1.